The summed E-state index contributed by atoms with van der Waals surface area (Å²) in [7, 11) is 0. The normalized spacial score (nSPS) is 13.7. The number of para-hydroxylation sites is 1. The standard InChI is InChI=1S/C19H19N3OS2/c1-14-4-2-3-5-16(14)22-10-8-20-19(22)25-13-18(23)21-9-6-17-15(12-21)7-11-24-17/h2-5,7-8,10-11H,6,9,12-13H2,1H3. The Kier molecular flexibility index (Phi) is 4.63. The van der Waals surface area contributed by atoms with Crippen LogP contribution >= 0.6 is 23.1 Å². The smallest absolute Gasteiger partial charge is 0.233 e. The second-order valence-electron chi connectivity index (χ2n) is 6.09. The van der Waals surface area contributed by atoms with Crippen molar-refractivity contribution in [3.8, 4) is 5.69 Å². The average molecular weight is 370 g/mol. The van der Waals surface area contributed by atoms with Gasteiger partial charge in [0.05, 0.1) is 11.4 Å². The van der Waals surface area contributed by atoms with Crippen molar-refractivity contribution >= 4 is 29.0 Å². The second kappa shape index (κ2) is 7.06. The highest BCUT2D eigenvalue weighted by Crippen LogP contribution is 2.26. The molecule has 0 N–H and O–H groups in total. The van der Waals surface area contributed by atoms with Gasteiger partial charge >= 0.3 is 0 Å². The Morgan fingerprint density at radius 2 is 2.20 bits per heavy atom. The molecule has 1 aliphatic rings. The Labute approximate surface area is 155 Å². The SMILES string of the molecule is Cc1ccccc1-n1ccnc1SCC(=O)N1CCc2sccc2C1. The van der Waals surface area contributed by atoms with E-state index in [1.807, 2.05) is 23.2 Å². The van der Waals surface area contributed by atoms with E-state index in [0.717, 1.165) is 30.4 Å². The molecule has 0 spiro atoms. The Balaban J connectivity index is 1.44. The second-order valence-corrected chi connectivity index (χ2v) is 8.03. The number of aryl methyl sites for hydroxylation is 1. The largest absolute Gasteiger partial charge is 0.337 e. The highest BCUT2D eigenvalue weighted by molar-refractivity contribution is 7.99. The fraction of sp³-hybridized carbons (Fsp3) is 0.263. The van der Waals surface area contributed by atoms with Crippen LogP contribution in [0.4, 0.5) is 0 Å². The van der Waals surface area contributed by atoms with E-state index in [1.54, 1.807) is 17.5 Å². The van der Waals surface area contributed by atoms with Gasteiger partial charge in [0.15, 0.2) is 5.16 Å². The molecular formula is C19H19N3OS2. The highest BCUT2D eigenvalue weighted by atomic mass is 32.2. The molecule has 0 bridgehead atoms. The van der Waals surface area contributed by atoms with Crippen LogP contribution in [0.25, 0.3) is 5.69 Å². The predicted molar refractivity (Wildman–Crippen MR) is 102 cm³/mol. The van der Waals surface area contributed by atoms with E-state index in [4.69, 9.17) is 0 Å². The first-order chi connectivity index (χ1) is 12.2. The first-order valence-corrected chi connectivity index (χ1v) is 10.1. The van der Waals surface area contributed by atoms with Crippen LogP contribution in [-0.4, -0.2) is 32.7 Å². The number of hydrogen-bond acceptors (Lipinski definition) is 4. The Morgan fingerprint density at radius 3 is 3.08 bits per heavy atom. The van der Waals surface area contributed by atoms with Crippen molar-refractivity contribution < 1.29 is 4.79 Å². The average Bonchev–Trinajstić information content (AvgIpc) is 3.28. The van der Waals surface area contributed by atoms with E-state index in [-0.39, 0.29) is 5.91 Å². The fourth-order valence-corrected chi connectivity index (χ4v) is 4.85. The van der Waals surface area contributed by atoms with Gasteiger partial charge < -0.3 is 4.90 Å². The molecular weight excluding hydrogens is 350 g/mol. The number of nitrogens with zero attached hydrogens (tertiary/aromatic N) is 3. The molecule has 0 saturated carbocycles. The van der Waals surface area contributed by atoms with Crippen molar-refractivity contribution in [1.29, 1.82) is 0 Å². The summed E-state index contributed by atoms with van der Waals surface area (Å²) in [4.78, 5) is 20.4. The molecule has 128 valence electrons. The third-order valence-corrected chi connectivity index (χ3v) is 6.44. The van der Waals surface area contributed by atoms with Gasteiger partial charge in [-0.25, -0.2) is 4.98 Å². The van der Waals surface area contributed by atoms with Crippen molar-refractivity contribution in [2.45, 2.75) is 25.0 Å². The van der Waals surface area contributed by atoms with Crippen LogP contribution in [0.3, 0.4) is 0 Å². The van der Waals surface area contributed by atoms with Crippen LogP contribution in [0, 0.1) is 6.92 Å². The maximum Gasteiger partial charge on any atom is 0.233 e. The third kappa shape index (κ3) is 3.37. The first-order valence-electron chi connectivity index (χ1n) is 8.27. The van der Waals surface area contributed by atoms with Crippen molar-refractivity contribution in [2.24, 2.45) is 0 Å². The van der Waals surface area contributed by atoms with Crippen LogP contribution in [0.5, 0.6) is 0 Å². The number of hydrogen-bond donors (Lipinski definition) is 0. The summed E-state index contributed by atoms with van der Waals surface area (Å²) in [6.07, 6.45) is 4.71. The zero-order valence-corrected chi connectivity index (χ0v) is 15.6. The Bertz CT molecular complexity index is 899. The van der Waals surface area contributed by atoms with Crippen molar-refractivity contribution in [3.63, 3.8) is 0 Å². The van der Waals surface area contributed by atoms with Crippen LogP contribution < -0.4 is 0 Å². The molecule has 0 atom stereocenters. The molecule has 4 rings (SSSR count). The van der Waals surface area contributed by atoms with Crippen LogP contribution in [0.15, 0.2) is 53.3 Å². The number of carbonyl (C=O) groups is 1. The summed E-state index contributed by atoms with van der Waals surface area (Å²) in [5, 5.41) is 2.97. The minimum Gasteiger partial charge on any atom is -0.337 e. The fourth-order valence-electron chi connectivity index (χ4n) is 3.09. The molecule has 0 fully saturated rings. The van der Waals surface area contributed by atoms with E-state index in [1.165, 1.54) is 27.8 Å². The van der Waals surface area contributed by atoms with Gasteiger partial charge in [-0.1, -0.05) is 30.0 Å². The summed E-state index contributed by atoms with van der Waals surface area (Å²) in [5.74, 6) is 0.601. The van der Waals surface area contributed by atoms with E-state index >= 15 is 0 Å². The van der Waals surface area contributed by atoms with E-state index < -0.39 is 0 Å². The molecule has 1 amide bonds. The summed E-state index contributed by atoms with van der Waals surface area (Å²) >= 11 is 3.30. The summed E-state index contributed by atoms with van der Waals surface area (Å²) in [5.41, 5.74) is 3.60. The topological polar surface area (TPSA) is 38.1 Å². The third-order valence-electron chi connectivity index (χ3n) is 4.47. The molecule has 25 heavy (non-hydrogen) atoms. The van der Waals surface area contributed by atoms with Crippen LogP contribution in [-0.2, 0) is 17.8 Å². The molecule has 1 aliphatic heterocycles. The minimum atomic E-state index is 0.182. The van der Waals surface area contributed by atoms with Gasteiger partial charge in [-0.3, -0.25) is 9.36 Å². The summed E-state index contributed by atoms with van der Waals surface area (Å²) in [6.45, 7) is 3.64. The molecule has 0 radical (unpaired) electrons. The number of aromatic nitrogens is 2. The molecule has 1 aromatic carbocycles. The first kappa shape index (κ1) is 16.4. The Hall–Kier alpha value is -2.05. The lowest BCUT2D eigenvalue weighted by Gasteiger charge is -2.26. The van der Waals surface area contributed by atoms with Gasteiger partial charge in [0.1, 0.15) is 0 Å². The summed E-state index contributed by atoms with van der Waals surface area (Å²) < 4.78 is 2.06. The van der Waals surface area contributed by atoms with E-state index in [9.17, 15) is 4.79 Å². The number of benzene rings is 1. The van der Waals surface area contributed by atoms with Gasteiger partial charge in [0.25, 0.3) is 0 Å². The van der Waals surface area contributed by atoms with Crippen LogP contribution in [0.1, 0.15) is 16.0 Å². The van der Waals surface area contributed by atoms with Crippen molar-refractivity contribution in [3.05, 3.63) is 64.1 Å². The van der Waals surface area contributed by atoms with Gasteiger partial charge in [-0.2, -0.15) is 0 Å². The van der Waals surface area contributed by atoms with Gasteiger partial charge in [0.2, 0.25) is 5.91 Å². The van der Waals surface area contributed by atoms with Crippen molar-refractivity contribution in [2.75, 3.05) is 12.3 Å². The highest BCUT2D eigenvalue weighted by Gasteiger charge is 2.22. The van der Waals surface area contributed by atoms with Crippen LogP contribution in [0.2, 0.25) is 0 Å². The summed E-state index contributed by atoms with van der Waals surface area (Å²) in [6, 6.07) is 10.3. The molecule has 3 heterocycles. The predicted octanol–water partition coefficient (Wildman–Crippen LogP) is 3.92. The number of thioether (sulfide) groups is 1. The number of carbonyl (C=O) groups excluding carboxylic acids is 1. The van der Waals surface area contributed by atoms with E-state index in [2.05, 4.69) is 40.1 Å². The number of fused-ring (bicyclic) bond motifs is 1. The Morgan fingerprint density at radius 1 is 1.32 bits per heavy atom. The molecule has 0 aliphatic carbocycles. The molecule has 4 nitrogen and oxygen atoms in total. The molecule has 3 aromatic rings. The number of thiophene rings is 1. The molecule has 0 unspecified atom stereocenters. The van der Waals surface area contributed by atoms with E-state index in [0.29, 0.717) is 5.75 Å². The maximum absolute atomic E-state index is 12.6. The maximum atomic E-state index is 12.6. The monoisotopic (exact) mass is 369 g/mol. The number of amides is 1. The van der Waals surface area contributed by atoms with Gasteiger partial charge in [-0.15, -0.1) is 11.3 Å². The quantitative estimate of drug-likeness (QED) is 0.654. The lowest BCUT2D eigenvalue weighted by molar-refractivity contribution is -0.129. The molecule has 0 saturated heterocycles. The lowest BCUT2D eigenvalue weighted by Crippen LogP contribution is -2.36. The molecule has 6 heteroatoms. The number of imidazole rings is 1. The zero-order chi connectivity index (χ0) is 17.2. The lowest BCUT2D eigenvalue weighted by atomic mass is 10.1. The zero-order valence-electron chi connectivity index (χ0n) is 14.0. The van der Waals surface area contributed by atoms with Gasteiger partial charge in [0, 0.05) is 30.4 Å². The van der Waals surface area contributed by atoms with Crippen molar-refractivity contribution in [1.82, 2.24) is 14.5 Å². The molecule has 2 aromatic heterocycles. The van der Waals surface area contributed by atoms with Gasteiger partial charge in [-0.05, 0) is 42.0 Å². The number of rotatable bonds is 4. The minimum absolute atomic E-state index is 0.182.